The summed E-state index contributed by atoms with van der Waals surface area (Å²) in [6, 6.07) is 7.60. The molecule has 4 rings (SSSR count). The molecule has 0 aliphatic heterocycles. The molecule has 0 radical (unpaired) electrons. The molecule has 1 aliphatic carbocycles. The quantitative estimate of drug-likeness (QED) is 0.360. The van der Waals surface area contributed by atoms with E-state index in [0.29, 0.717) is 24.1 Å². The lowest BCUT2D eigenvalue weighted by Crippen LogP contribution is -2.11. The highest BCUT2D eigenvalue weighted by Crippen LogP contribution is 2.34. The van der Waals surface area contributed by atoms with Crippen LogP contribution in [0.4, 0.5) is 0 Å². The number of aryl methyl sites for hydroxylation is 2. The van der Waals surface area contributed by atoms with Gasteiger partial charge in [0.2, 0.25) is 0 Å². The summed E-state index contributed by atoms with van der Waals surface area (Å²) in [5, 5.41) is 1.48. The lowest BCUT2D eigenvalue weighted by molar-refractivity contribution is 0.332. The zero-order chi connectivity index (χ0) is 18.6. The molecule has 1 N–H and O–H groups in total. The van der Waals surface area contributed by atoms with Gasteiger partial charge in [-0.2, -0.15) is 0 Å². The van der Waals surface area contributed by atoms with Gasteiger partial charge in [-0.3, -0.25) is 4.79 Å². The topological polar surface area (TPSA) is 64.2 Å². The van der Waals surface area contributed by atoms with Crippen LogP contribution >= 0.6 is 23.1 Å². The van der Waals surface area contributed by atoms with Gasteiger partial charge in [-0.25, -0.2) is 4.98 Å². The van der Waals surface area contributed by atoms with Gasteiger partial charge in [-0.1, -0.05) is 11.8 Å². The standard InChI is InChI=1S/C20H22N2O3S2/c1-2-24-13-7-9-14(10-8-13)25-11-12-26-20-21-18(23)17-15-5-3-4-6-16(15)27-19(17)22-20/h7-10H,2-6,11-12H2,1H3,(H,21,22,23). The van der Waals surface area contributed by atoms with Crippen LogP contribution in [0.5, 0.6) is 11.5 Å². The second kappa shape index (κ2) is 8.35. The van der Waals surface area contributed by atoms with E-state index in [1.54, 1.807) is 11.3 Å². The van der Waals surface area contributed by atoms with Crippen molar-refractivity contribution in [2.75, 3.05) is 19.0 Å². The van der Waals surface area contributed by atoms with Gasteiger partial charge in [0.25, 0.3) is 5.56 Å². The largest absolute Gasteiger partial charge is 0.494 e. The van der Waals surface area contributed by atoms with E-state index in [1.807, 2.05) is 31.2 Å². The molecule has 2 aromatic heterocycles. The number of aromatic nitrogens is 2. The van der Waals surface area contributed by atoms with Gasteiger partial charge in [0.1, 0.15) is 16.3 Å². The van der Waals surface area contributed by atoms with Crippen molar-refractivity contribution >= 4 is 33.3 Å². The predicted molar refractivity (Wildman–Crippen MR) is 111 cm³/mol. The Bertz CT molecular complexity index is 979. The van der Waals surface area contributed by atoms with Crippen LogP contribution in [0.1, 0.15) is 30.2 Å². The summed E-state index contributed by atoms with van der Waals surface area (Å²) >= 11 is 3.20. The van der Waals surface area contributed by atoms with Crippen molar-refractivity contribution < 1.29 is 9.47 Å². The number of nitrogens with one attached hydrogen (secondary N) is 1. The van der Waals surface area contributed by atoms with Gasteiger partial charge in [0.05, 0.1) is 18.6 Å². The number of nitrogens with zero attached hydrogens (tertiary/aromatic N) is 1. The number of ether oxygens (including phenoxy) is 2. The number of fused-ring (bicyclic) bond motifs is 3. The van der Waals surface area contributed by atoms with E-state index < -0.39 is 0 Å². The Morgan fingerprint density at radius 1 is 1.15 bits per heavy atom. The maximum absolute atomic E-state index is 12.5. The molecule has 0 unspecified atom stereocenters. The van der Waals surface area contributed by atoms with Crippen molar-refractivity contribution in [3.63, 3.8) is 0 Å². The van der Waals surface area contributed by atoms with Crippen LogP contribution in [0.25, 0.3) is 10.2 Å². The molecular weight excluding hydrogens is 380 g/mol. The van der Waals surface area contributed by atoms with Crippen molar-refractivity contribution in [2.45, 2.75) is 37.8 Å². The van der Waals surface area contributed by atoms with Gasteiger partial charge >= 0.3 is 0 Å². The van der Waals surface area contributed by atoms with Crippen molar-refractivity contribution in [2.24, 2.45) is 0 Å². The first kappa shape index (κ1) is 18.4. The first-order valence-corrected chi connectivity index (χ1v) is 11.1. The molecule has 0 bridgehead atoms. The number of aromatic amines is 1. The number of thioether (sulfide) groups is 1. The second-order valence-electron chi connectivity index (χ2n) is 6.36. The molecule has 0 saturated carbocycles. The molecule has 0 fully saturated rings. The number of benzene rings is 1. The number of hydrogen-bond acceptors (Lipinski definition) is 6. The molecular formula is C20H22N2O3S2. The normalized spacial score (nSPS) is 13.5. The van der Waals surface area contributed by atoms with Crippen molar-refractivity contribution in [3.05, 3.63) is 45.1 Å². The summed E-state index contributed by atoms with van der Waals surface area (Å²) in [5.41, 5.74) is 1.22. The van der Waals surface area contributed by atoms with Crippen LogP contribution in [-0.2, 0) is 12.8 Å². The van der Waals surface area contributed by atoms with Crippen LogP contribution in [0.15, 0.2) is 34.2 Å². The van der Waals surface area contributed by atoms with Gasteiger partial charge < -0.3 is 14.5 Å². The fourth-order valence-corrected chi connectivity index (χ4v) is 5.31. The molecule has 27 heavy (non-hydrogen) atoms. The van der Waals surface area contributed by atoms with E-state index in [2.05, 4.69) is 9.97 Å². The molecule has 7 heteroatoms. The fraction of sp³-hybridized carbons (Fsp3) is 0.400. The maximum Gasteiger partial charge on any atom is 0.260 e. The molecule has 5 nitrogen and oxygen atoms in total. The molecule has 0 atom stereocenters. The summed E-state index contributed by atoms with van der Waals surface area (Å²) in [5.74, 6) is 2.36. The first-order chi connectivity index (χ1) is 13.2. The van der Waals surface area contributed by atoms with Gasteiger partial charge in [0, 0.05) is 10.6 Å². The number of thiophene rings is 1. The molecule has 0 saturated heterocycles. The third-order valence-electron chi connectivity index (χ3n) is 4.53. The third kappa shape index (κ3) is 4.14. The minimum Gasteiger partial charge on any atom is -0.494 e. The van der Waals surface area contributed by atoms with Crippen molar-refractivity contribution in [1.29, 1.82) is 0 Å². The summed E-state index contributed by atoms with van der Waals surface area (Å²) < 4.78 is 11.2. The molecule has 2 heterocycles. The summed E-state index contributed by atoms with van der Waals surface area (Å²) in [6.07, 6.45) is 4.45. The fourth-order valence-electron chi connectivity index (χ4n) is 3.31. The summed E-state index contributed by atoms with van der Waals surface area (Å²) in [4.78, 5) is 22.4. The predicted octanol–water partition coefficient (Wildman–Crippen LogP) is 4.43. The van der Waals surface area contributed by atoms with Crippen LogP contribution in [-0.4, -0.2) is 28.9 Å². The van der Waals surface area contributed by atoms with E-state index in [9.17, 15) is 4.79 Å². The smallest absolute Gasteiger partial charge is 0.260 e. The van der Waals surface area contributed by atoms with Crippen LogP contribution in [0, 0.1) is 0 Å². The van der Waals surface area contributed by atoms with E-state index in [1.165, 1.54) is 28.6 Å². The Morgan fingerprint density at radius 2 is 1.89 bits per heavy atom. The van der Waals surface area contributed by atoms with Gasteiger partial charge in [-0.15, -0.1) is 11.3 Å². The summed E-state index contributed by atoms with van der Waals surface area (Å²) in [6.45, 7) is 3.16. The number of H-pyrrole nitrogens is 1. The Morgan fingerprint density at radius 3 is 2.67 bits per heavy atom. The van der Waals surface area contributed by atoms with E-state index in [0.717, 1.165) is 41.0 Å². The van der Waals surface area contributed by atoms with Crippen LogP contribution < -0.4 is 15.0 Å². The SMILES string of the molecule is CCOc1ccc(OCCSc2nc3sc4c(c3c(=O)[nH]2)CCCC4)cc1. The maximum atomic E-state index is 12.5. The molecule has 0 amide bonds. The Labute approximate surface area is 166 Å². The number of rotatable bonds is 7. The highest BCUT2D eigenvalue weighted by molar-refractivity contribution is 7.99. The number of hydrogen-bond donors (Lipinski definition) is 1. The molecule has 1 aliphatic rings. The average Bonchev–Trinajstić information content (AvgIpc) is 3.05. The van der Waals surface area contributed by atoms with Crippen LogP contribution in [0.2, 0.25) is 0 Å². The third-order valence-corrected chi connectivity index (χ3v) is 6.55. The lowest BCUT2D eigenvalue weighted by Gasteiger charge is -2.09. The Kier molecular flexibility index (Phi) is 5.69. The zero-order valence-corrected chi connectivity index (χ0v) is 16.9. The highest BCUT2D eigenvalue weighted by Gasteiger charge is 2.19. The molecule has 3 aromatic rings. The van der Waals surface area contributed by atoms with Crippen LogP contribution in [0.3, 0.4) is 0 Å². The van der Waals surface area contributed by atoms with Crippen molar-refractivity contribution in [1.82, 2.24) is 9.97 Å². The van der Waals surface area contributed by atoms with Gasteiger partial charge in [-0.05, 0) is 62.4 Å². The summed E-state index contributed by atoms with van der Waals surface area (Å²) in [7, 11) is 0. The Hall–Kier alpha value is -1.99. The molecule has 0 spiro atoms. The first-order valence-electron chi connectivity index (χ1n) is 9.27. The molecule has 142 valence electrons. The van der Waals surface area contributed by atoms with Crippen molar-refractivity contribution in [3.8, 4) is 11.5 Å². The van der Waals surface area contributed by atoms with E-state index in [-0.39, 0.29) is 5.56 Å². The minimum absolute atomic E-state index is 0.00525. The van der Waals surface area contributed by atoms with E-state index >= 15 is 0 Å². The monoisotopic (exact) mass is 402 g/mol. The highest BCUT2D eigenvalue weighted by atomic mass is 32.2. The van der Waals surface area contributed by atoms with E-state index in [4.69, 9.17) is 9.47 Å². The second-order valence-corrected chi connectivity index (χ2v) is 8.53. The molecule has 1 aromatic carbocycles. The minimum atomic E-state index is -0.00525. The van der Waals surface area contributed by atoms with Gasteiger partial charge in [0.15, 0.2) is 5.16 Å². The lowest BCUT2D eigenvalue weighted by atomic mass is 9.97. The zero-order valence-electron chi connectivity index (χ0n) is 15.2. The average molecular weight is 403 g/mol. The Balaban J connectivity index is 1.37.